The van der Waals surface area contributed by atoms with Crippen molar-refractivity contribution in [2.24, 2.45) is 0 Å². The number of hydrogen-bond acceptors (Lipinski definition) is 6. The van der Waals surface area contributed by atoms with E-state index < -0.39 is 0 Å². The summed E-state index contributed by atoms with van der Waals surface area (Å²) < 4.78 is 13.1. The van der Waals surface area contributed by atoms with Gasteiger partial charge in [-0.05, 0) is 107 Å². The van der Waals surface area contributed by atoms with Crippen molar-refractivity contribution in [3.8, 4) is 11.1 Å². The topological polar surface area (TPSA) is 58.5 Å². The molecule has 6 nitrogen and oxygen atoms in total. The third-order valence-electron chi connectivity index (χ3n) is 12.2. The number of pyridine rings is 2. The molecule has 0 atom stereocenters. The Hall–Kier alpha value is -7.70. The molecule has 0 spiro atoms. The minimum atomic E-state index is -0.352. The molecule has 280 valence electrons. The zero-order valence-electron chi connectivity index (χ0n) is 32.4. The van der Waals surface area contributed by atoms with Gasteiger partial charge < -0.3 is 18.6 Å². The van der Waals surface area contributed by atoms with E-state index in [1.807, 2.05) is 12.1 Å². The number of anilines is 6. The first-order valence-electron chi connectivity index (χ1n) is 20.0. The Morgan fingerprint density at radius 2 is 0.932 bits per heavy atom. The molecular weight excluding hydrogens is 725 g/mol. The molecule has 0 fully saturated rings. The Morgan fingerprint density at radius 3 is 1.56 bits per heavy atom. The van der Waals surface area contributed by atoms with Crippen molar-refractivity contribution >= 4 is 89.0 Å². The molecule has 11 aromatic rings. The fraction of sp³-hybridized carbons (Fsp3) is 0.0566. The van der Waals surface area contributed by atoms with E-state index >= 15 is 0 Å². The van der Waals surface area contributed by atoms with Crippen LogP contribution in [0.2, 0.25) is 0 Å². The van der Waals surface area contributed by atoms with E-state index in [-0.39, 0.29) is 5.41 Å². The molecule has 0 amide bonds. The van der Waals surface area contributed by atoms with Gasteiger partial charge in [0.2, 0.25) is 11.4 Å². The summed E-state index contributed by atoms with van der Waals surface area (Å²) in [5.41, 5.74) is 13.7. The summed E-state index contributed by atoms with van der Waals surface area (Å²) in [7, 11) is 0. The zero-order valence-corrected chi connectivity index (χ0v) is 32.4. The predicted molar refractivity (Wildman–Crippen MR) is 241 cm³/mol. The van der Waals surface area contributed by atoms with Crippen LogP contribution in [-0.4, -0.2) is 9.97 Å². The van der Waals surface area contributed by atoms with E-state index in [0.29, 0.717) is 11.4 Å². The molecule has 6 heteroatoms. The van der Waals surface area contributed by atoms with Crippen molar-refractivity contribution in [1.29, 1.82) is 0 Å². The molecule has 59 heavy (non-hydrogen) atoms. The van der Waals surface area contributed by atoms with E-state index in [0.717, 1.165) is 72.2 Å². The monoisotopic (exact) mass is 760 g/mol. The van der Waals surface area contributed by atoms with Gasteiger partial charge in [-0.3, -0.25) is 0 Å². The average Bonchev–Trinajstić information content (AvgIpc) is 3.93. The molecule has 1 aliphatic carbocycles. The Kier molecular flexibility index (Phi) is 7.17. The Morgan fingerprint density at radius 1 is 0.407 bits per heavy atom. The van der Waals surface area contributed by atoms with Gasteiger partial charge >= 0.3 is 0 Å². The third-order valence-corrected chi connectivity index (χ3v) is 12.2. The minimum Gasteiger partial charge on any atom is -0.435 e. The number of rotatable bonds is 6. The standard InChI is InChI=1S/C53H36N4O2/c1-53(2)43-31-35(56(33-15-5-3-6-16-33)45-25-11-21-38-40-23-13-29-54-51(40)58-49(38)45)27-28-42(43)48-37-20-10-9-19-36(37)47(32-44(48)53)57(34-17-7-4-8-18-34)46-26-12-22-39-41-24-14-30-55-52(41)59-50(39)46/h3-32H,1-2H3. The van der Waals surface area contributed by atoms with Gasteiger partial charge in [0.15, 0.2) is 11.2 Å². The summed E-state index contributed by atoms with van der Waals surface area (Å²) in [5.74, 6) is 0. The highest BCUT2D eigenvalue weighted by Crippen LogP contribution is 2.56. The molecule has 1 aliphatic rings. The maximum absolute atomic E-state index is 6.59. The Balaban J connectivity index is 1.08. The fourth-order valence-corrected chi connectivity index (χ4v) is 9.45. The molecule has 7 aromatic carbocycles. The lowest BCUT2D eigenvalue weighted by Crippen LogP contribution is -2.18. The van der Waals surface area contributed by atoms with E-state index in [9.17, 15) is 0 Å². The molecule has 4 heterocycles. The van der Waals surface area contributed by atoms with Crippen molar-refractivity contribution in [2.45, 2.75) is 19.3 Å². The summed E-state index contributed by atoms with van der Waals surface area (Å²) in [5, 5.41) is 6.44. The third kappa shape index (κ3) is 4.93. The second kappa shape index (κ2) is 12.7. The molecule has 0 radical (unpaired) electrons. The van der Waals surface area contributed by atoms with Crippen LogP contribution in [-0.2, 0) is 5.41 Å². The summed E-state index contributed by atoms with van der Waals surface area (Å²) in [6.07, 6.45) is 3.57. The lowest BCUT2D eigenvalue weighted by molar-refractivity contribution is 0.654. The number of nitrogens with zero attached hydrogens (tertiary/aromatic N) is 4. The van der Waals surface area contributed by atoms with Crippen LogP contribution >= 0.6 is 0 Å². The number of hydrogen-bond donors (Lipinski definition) is 0. The van der Waals surface area contributed by atoms with Crippen molar-refractivity contribution in [3.63, 3.8) is 0 Å². The first-order chi connectivity index (χ1) is 29.0. The van der Waals surface area contributed by atoms with Crippen LogP contribution in [0, 0.1) is 0 Å². The molecule has 4 aromatic heterocycles. The summed E-state index contributed by atoms with van der Waals surface area (Å²) >= 11 is 0. The van der Waals surface area contributed by atoms with Crippen LogP contribution in [0.5, 0.6) is 0 Å². The maximum atomic E-state index is 6.59. The minimum absolute atomic E-state index is 0.352. The zero-order chi connectivity index (χ0) is 39.2. The van der Waals surface area contributed by atoms with E-state index in [2.05, 4.69) is 191 Å². The van der Waals surface area contributed by atoms with Gasteiger partial charge in [0.25, 0.3) is 0 Å². The molecule has 0 saturated heterocycles. The van der Waals surface area contributed by atoms with Gasteiger partial charge in [-0.1, -0.05) is 105 Å². The number of para-hydroxylation sites is 4. The first kappa shape index (κ1) is 33.4. The lowest BCUT2D eigenvalue weighted by atomic mass is 9.81. The SMILES string of the molecule is CC1(C)c2cc(N(c3ccccc3)c3cccc4c3oc3ncccc34)ccc2-c2c1cc(N(c1ccccc1)c1cccc3c1oc1ncccc13)c1ccccc21. The van der Waals surface area contributed by atoms with E-state index in [1.54, 1.807) is 12.4 Å². The van der Waals surface area contributed by atoms with Gasteiger partial charge in [0, 0.05) is 61.8 Å². The predicted octanol–water partition coefficient (Wildman–Crippen LogP) is 14.7. The summed E-state index contributed by atoms with van der Waals surface area (Å²) in [6, 6.07) is 60.2. The second-order valence-electron chi connectivity index (χ2n) is 15.8. The van der Waals surface area contributed by atoms with Gasteiger partial charge in [0.05, 0.1) is 17.1 Å². The van der Waals surface area contributed by atoms with Crippen molar-refractivity contribution in [1.82, 2.24) is 9.97 Å². The summed E-state index contributed by atoms with van der Waals surface area (Å²) in [6.45, 7) is 4.72. The highest BCUT2D eigenvalue weighted by Gasteiger charge is 2.39. The van der Waals surface area contributed by atoms with Gasteiger partial charge in [-0.25, -0.2) is 9.97 Å². The van der Waals surface area contributed by atoms with Crippen LogP contribution in [0.4, 0.5) is 34.1 Å². The van der Waals surface area contributed by atoms with Crippen LogP contribution < -0.4 is 9.80 Å². The molecular formula is C53H36N4O2. The van der Waals surface area contributed by atoms with Crippen LogP contribution in [0.25, 0.3) is 66.0 Å². The van der Waals surface area contributed by atoms with Gasteiger partial charge in [-0.15, -0.1) is 0 Å². The van der Waals surface area contributed by atoms with Gasteiger partial charge in [0.1, 0.15) is 0 Å². The van der Waals surface area contributed by atoms with Crippen LogP contribution in [0.1, 0.15) is 25.0 Å². The first-order valence-corrected chi connectivity index (χ1v) is 20.0. The van der Waals surface area contributed by atoms with Crippen LogP contribution in [0.3, 0.4) is 0 Å². The molecule has 0 aliphatic heterocycles. The quantitative estimate of drug-likeness (QED) is 0.168. The number of benzene rings is 7. The highest BCUT2D eigenvalue weighted by atomic mass is 16.3. The van der Waals surface area contributed by atoms with Gasteiger partial charge in [-0.2, -0.15) is 0 Å². The maximum Gasteiger partial charge on any atom is 0.227 e. The fourth-order valence-electron chi connectivity index (χ4n) is 9.45. The average molecular weight is 761 g/mol. The molecule has 0 N–H and O–H groups in total. The molecule has 0 saturated carbocycles. The normalized spacial score (nSPS) is 13.1. The number of aromatic nitrogens is 2. The summed E-state index contributed by atoms with van der Waals surface area (Å²) in [4.78, 5) is 13.8. The Bertz CT molecular complexity index is 3440. The molecule has 0 unspecified atom stereocenters. The largest absolute Gasteiger partial charge is 0.435 e. The number of fused-ring (bicyclic) bond motifs is 11. The lowest BCUT2D eigenvalue weighted by Gasteiger charge is -2.30. The molecule has 12 rings (SSSR count). The van der Waals surface area contributed by atoms with Crippen molar-refractivity contribution in [3.05, 3.63) is 193 Å². The Labute approximate surface area is 340 Å². The van der Waals surface area contributed by atoms with Crippen LogP contribution in [0.15, 0.2) is 191 Å². The smallest absolute Gasteiger partial charge is 0.227 e. The van der Waals surface area contributed by atoms with Crippen molar-refractivity contribution < 1.29 is 8.83 Å². The van der Waals surface area contributed by atoms with E-state index in [1.165, 1.54) is 27.6 Å². The highest BCUT2D eigenvalue weighted by molar-refractivity contribution is 6.14. The number of furan rings is 2. The molecule has 0 bridgehead atoms. The van der Waals surface area contributed by atoms with Crippen molar-refractivity contribution in [2.75, 3.05) is 9.80 Å². The van der Waals surface area contributed by atoms with E-state index in [4.69, 9.17) is 8.83 Å². The second-order valence-corrected chi connectivity index (χ2v) is 15.8.